The summed E-state index contributed by atoms with van der Waals surface area (Å²) < 4.78 is 7.61. The molecule has 6 heteroatoms. The fourth-order valence-electron chi connectivity index (χ4n) is 3.77. The van der Waals surface area contributed by atoms with E-state index in [1.54, 1.807) is 17.4 Å². The molecule has 25 heavy (non-hydrogen) atoms. The van der Waals surface area contributed by atoms with Crippen LogP contribution in [0.25, 0.3) is 5.69 Å². The molecule has 3 heterocycles. The number of piperazine rings is 1. The molecule has 2 aromatic rings. The second kappa shape index (κ2) is 7.37. The molecule has 2 fully saturated rings. The first-order valence-corrected chi connectivity index (χ1v) is 9.13. The first-order valence-electron chi connectivity index (χ1n) is 9.13. The summed E-state index contributed by atoms with van der Waals surface area (Å²) in [6.07, 6.45) is 6.16. The molecule has 2 aliphatic heterocycles. The standard InChI is InChI=1S/C19H24N4O2/c24-19(18-13-20-15-23(18)16-5-2-1-3-6-16)22-10-8-21(9-11-22)14-17-7-4-12-25-17/h1-3,5-6,13,15,17H,4,7-12,14H2/p+1/t17-/m0/s1. The minimum atomic E-state index is 0.0671. The molecule has 1 N–H and O–H groups in total. The van der Waals surface area contributed by atoms with E-state index in [9.17, 15) is 4.79 Å². The van der Waals surface area contributed by atoms with Crippen LogP contribution in [0.5, 0.6) is 0 Å². The van der Waals surface area contributed by atoms with E-state index < -0.39 is 0 Å². The quantitative estimate of drug-likeness (QED) is 0.875. The van der Waals surface area contributed by atoms with E-state index in [1.165, 1.54) is 12.8 Å². The van der Waals surface area contributed by atoms with Crippen molar-refractivity contribution >= 4 is 5.91 Å². The van der Waals surface area contributed by atoms with E-state index in [0.29, 0.717) is 11.8 Å². The van der Waals surface area contributed by atoms with Gasteiger partial charge in [-0.3, -0.25) is 9.36 Å². The maximum atomic E-state index is 12.9. The van der Waals surface area contributed by atoms with E-state index >= 15 is 0 Å². The van der Waals surface area contributed by atoms with Crippen LogP contribution in [0, 0.1) is 0 Å². The Morgan fingerprint density at radius 1 is 1.24 bits per heavy atom. The highest BCUT2D eigenvalue weighted by Gasteiger charge is 2.29. The average Bonchev–Trinajstić information content (AvgIpc) is 3.34. The molecule has 0 bridgehead atoms. The Morgan fingerprint density at radius 3 is 2.76 bits per heavy atom. The largest absolute Gasteiger partial charge is 0.372 e. The van der Waals surface area contributed by atoms with Crippen LogP contribution in [0.3, 0.4) is 0 Å². The van der Waals surface area contributed by atoms with Crippen LogP contribution < -0.4 is 4.90 Å². The number of imidazole rings is 1. The summed E-state index contributed by atoms with van der Waals surface area (Å²) in [6.45, 7) is 5.55. The van der Waals surface area contributed by atoms with E-state index in [-0.39, 0.29) is 5.91 Å². The third-order valence-electron chi connectivity index (χ3n) is 5.19. The second-order valence-corrected chi connectivity index (χ2v) is 6.87. The number of nitrogens with zero attached hydrogens (tertiary/aromatic N) is 3. The van der Waals surface area contributed by atoms with Gasteiger partial charge in [0.05, 0.1) is 38.7 Å². The zero-order valence-corrected chi connectivity index (χ0v) is 14.4. The van der Waals surface area contributed by atoms with E-state index in [0.717, 1.165) is 45.0 Å². The van der Waals surface area contributed by atoms with Crippen LogP contribution >= 0.6 is 0 Å². The predicted molar refractivity (Wildman–Crippen MR) is 94.0 cm³/mol. The Bertz CT molecular complexity index is 701. The molecule has 0 saturated carbocycles. The second-order valence-electron chi connectivity index (χ2n) is 6.87. The van der Waals surface area contributed by atoms with Crippen LogP contribution in [-0.2, 0) is 4.74 Å². The minimum absolute atomic E-state index is 0.0671. The van der Waals surface area contributed by atoms with Crippen molar-refractivity contribution in [1.29, 1.82) is 0 Å². The Hall–Kier alpha value is -2.18. The van der Waals surface area contributed by atoms with Gasteiger partial charge in [-0.15, -0.1) is 0 Å². The van der Waals surface area contributed by atoms with Gasteiger partial charge in [0.1, 0.15) is 18.3 Å². The SMILES string of the molecule is O=C(c1cncn1-c1ccccc1)N1CC[NH+](C[C@@H]2CCCO2)CC1. The number of hydrogen-bond donors (Lipinski definition) is 1. The third kappa shape index (κ3) is 3.60. The van der Waals surface area contributed by atoms with Gasteiger partial charge < -0.3 is 14.5 Å². The van der Waals surface area contributed by atoms with Crippen molar-refractivity contribution < 1.29 is 14.4 Å². The summed E-state index contributed by atoms with van der Waals surface area (Å²) in [6, 6.07) is 9.88. The van der Waals surface area contributed by atoms with Gasteiger partial charge in [0, 0.05) is 12.3 Å². The van der Waals surface area contributed by atoms with Crippen molar-refractivity contribution in [3.05, 3.63) is 48.5 Å². The van der Waals surface area contributed by atoms with Gasteiger partial charge in [0.15, 0.2) is 0 Å². The highest BCUT2D eigenvalue weighted by atomic mass is 16.5. The van der Waals surface area contributed by atoms with Crippen molar-refractivity contribution in [2.24, 2.45) is 0 Å². The normalized spacial score (nSPS) is 21.6. The fourth-order valence-corrected chi connectivity index (χ4v) is 3.77. The number of benzene rings is 1. The number of rotatable bonds is 4. The number of quaternary nitrogens is 1. The zero-order chi connectivity index (χ0) is 17.1. The molecule has 1 aromatic heterocycles. The number of para-hydroxylation sites is 1. The number of hydrogen-bond acceptors (Lipinski definition) is 3. The predicted octanol–water partition coefficient (Wildman–Crippen LogP) is 0.392. The van der Waals surface area contributed by atoms with Gasteiger partial charge in [0.25, 0.3) is 5.91 Å². The molecule has 132 valence electrons. The first-order chi connectivity index (χ1) is 12.3. The van der Waals surface area contributed by atoms with Crippen molar-refractivity contribution in [2.45, 2.75) is 18.9 Å². The maximum Gasteiger partial charge on any atom is 0.272 e. The van der Waals surface area contributed by atoms with Crippen molar-refractivity contribution in [3.8, 4) is 5.69 Å². The number of carbonyl (C=O) groups is 1. The van der Waals surface area contributed by atoms with Crippen LogP contribution in [0.2, 0.25) is 0 Å². The van der Waals surface area contributed by atoms with Gasteiger partial charge in [-0.2, -0.15) is 0 Å². The van der Waals surface area contributed by atoms with E-state index in [1.807, 2.05) is 39.8 Å². The molecule has 1 atom stereocenters. The van der Waals surface area contributed by atoms with Crippen molar-refractivity contribution in [1.82, 2.24) is 14.5 Å². The van der Waals surface area contributed by atoms with Gasteiger partial charge in [-0.25, -0.2) is 4.98 Å². The van der Waals surface area contributed by atoms with Crippen molar-refractivity contribution in [3.63, 3.8) is 0 Å². The van der Waals surface area contributed by atoms with E-state index in [4.69, 9.17) is 4.74 Å². The van der Waals surface area contributed by atoms with Crippen LogP contribution in [-0.4, -0.2) is 65.8 Å². The summed E-state index contributed by atoms with van der Waals surface area (Å²) >= 11 is 0. The molecule has 0 unspecified atom stereocenters. The third-order valence-corrected chi connectivity index (χ3v) is 5.19. The lowest BCUT2D eigenvalue weighted by Crippen LogP contribution is -3.15. The van der Waals surface area contributed by atoms with Gasteiger partial charge >= 0.3 is 0 Å². The summed E-state index contributed by atoms with van der Waals surface area (Å²) in [7, 11) is 0. The Morgan fingerprint density at radius 2 is 2.04 bits per heavy atom. The van der Waals surface area contributed by atoms with Crippen LogP contribution in [0.15, 0.2) is 42.9 Å². The Kier molecular flexibility index (Phi) is 4.81. The average molecular weight is 341 g/mol. The van der Waals surface area contributed by atoms with Gasteiger partial charge in [-0.05, 0) is 25.0 Å². The number of carbonyl (C=O) groups excluding carboxylic acids is 1. The maximum absolute atomic E-state index is 12.9. The molecule has 4 rings (SSSR count). The molecular formula is C19H25N4O2+. The molecular weight excluding hydrogens is 316 g/mol. The van der Waals surface area contributed by atoms with Crippen molar-refractivity contribution in [2.75, 3.05) is 39.3 Å². The Labute approximate surface area is 148 Å². The summed E-state index contributed by atoms with van der Waals surface area (Å²) in [5.41, 5.74) is 1.60. The summed E-state index contributed by atoms with van der Waals surface area (Å²) in [5.74, 6) is 0.0671. The molecule has 1 aromatic carbocycles. The number of nitrogens with one attached hydrogen (secondary N) is 1. The molecule has 2 aliphatic rings. The minimum Gasteiger partial charge on any atom is -0.372 e. The fraction of sp³-hybridized carbons (Fsp3) is 0.474. The van der Waals surface area contributed by atoms with Crippen LogP contribution in [0.1, 0.15) is 23.3 Å². The lowest BCUT2D eigenvalue weighted by Gasteiger charge is -2.33. The number of amides is 1. The Balaban J connectivity index is 1.39. The first kappa shape index (κ1) is 16.3. The lowest BCUT2D eigenvalue weighted by atomic mass is 10.2. The molecule has 0 aliphatic carbocycles. The number of ether oxygens (including phenoxy) is 1. The number of aromatic nitrogens is 2. The molecule has 0 spiro atoms. The monoisotopic (exact) mass is 341 g/mol. The lowest BCUT2D eigenvalue weighted by molar-refractivity contribution is -0.906. The summed E-state index contributed by atoms with van der Waals surface area (Å²) in [4.78, 5) is 20.6. The molecule has 6 nitrogen and oxygen atoms in total. The highest BCUT2D eigenvalue weighted by Crippen LogP contribution is 2.13. The topological polar surface area (TPSA) is 51.8 Å². The van der Waals surface area contributed by atoms with E-state index in [2.05, 4.69) is 4.98 Å². The zero-order valence-electron chi connectivity index (χ0n) is 14.4. The smallest absolute Gasteiger partial charge is 0.272 e. The molecule has 2 saturated heterocycles. The van der Waals surface area contributed by atoms with Crippen LogP contribution in [0.4, 0.5) is 0 Å². The molecule has 0 radical (unpaired) electrons. The summed E-state index contributed by atoms with van der Waals surface area (Å²) in [5, 5.41) is 0. The highest BCUT2D eigenvalue weighted by molar-refractivity contribution is 5.93. The molecule has 1 amide bonds. The van der Waals surface area contributed by atoms with Gasteiger partial charge in [-0.1, -0.05) is 18.2 Å². The van der Waals surface area contributed by atoms with Gasteiger partial charge in [0.2, 0.25) is 0 Å².